The van der Waals surface area contributed by atoms with E-state index in [-0.39, 0.29) is 5.91 Å². The number of anilines is 1. The minimum atomic E-state index is 0.0251. The molecule has 2 aliphatic heterocycles. The van der Waals surface area contributed by atoms with Gasteiger partial charge in [-0.2, -0.15) is 0 Å². The third kappa shape index (κ3) is 2.75. The van der Waals surface area contributed by atoms with Gasteiger partial charge in [-0.05, 0) is 19.1 Å². The summed E-state index contributed by atoms with van der Waals surface area (Å²) in [7, 11) is 0. The van der Waals surface area contributed by atoms with Gasteiger partial charge >= 0.3 is 0 Å². The summed E-state index contributed by atoms with van der Waals surface area (Å²) < 4.78 is 4.98. The number of aryl methyl sites for hydroxylation is 1. The van der Waals surface area contributed by atoms with E-state index in [2.05, 4.69) is 26.0 Å². The van der Waals surface area contributed by atoms with Crippen molar-refractivity contribution in [3.8, 4) is 0 Å². The summed E-state index contributed by atoms with van der Waals surface area (Å²) in [6, 6.07) is 6.48. The van der Waals surface area contributed by atoms with Crippen molar-refractivity contribution in [1.82, 2.24) is 19.9 Å². The van der Waals surface area contributed by atoms with Crippen molar-refractivity contribution in [1.29, 1.82) is 0 Å². The van der Waals surface area contributed by atoms with Crippen LogP contribution in [0.1, 0.15) is 16.1 Å². The smallest absolute Gasteiger partial charge is 0.259 e. The quantitative estimate of drug-likeness (QED) is 0.839. The Morgan fingerprint density at radius 2 is 2.00 bits per heavy atom. The lowest BCUT2D eigenvalue weighted by molar-refractivity contribution is 0.0245. The lowest BCUT2D eigenvalue weighted by Gasteiger charge is -2.48. The van der Waals surface area contributed by atoms with E-state index in [4.69, 9.17) is 4.52 Å². The SMILES string of the molecule is Cc1oncc1C(=O)N1CC(N2CCN(c3ccccn3)CC2)C1. The fourth-order valence-electron chi connectivity index (χ4n) is 3.38. The Morgan fingerprint density at radius 1 is 1.21 bits per heavy atom. The number of pyridine rings is 1. The molecule has 0 unspecified atom stereocenters. The number of piperazine rings is 1. The average Bonchev–Trinajstić information content (AvgIpc) is 3.01. The zero-order valence-corrected chi connectivity index (χ0v) is 13.8. The highest BCUT2D eigenvalue weighted by Crippen LogP contribution is 2.22. The summed E-state index contributed by atoms with van der Waals surface area (Å²) in [5, 5.41) is 3.69. The van der Waals surface area contributed by atoms with Gasteiger partial charge in [0.2, 0.25) is 0 Å². The summed E-state index contributed by atoms with van der Waals surface area (Å²) in [6.07, 6.45) is 3.35. The van der Waals surface area contributed by atoms with Crippen LogP contribution < -0.4 is 4.90 Å². The summed E-state index contributed by atoms with van der Waals surface area (Å²) in [6.45, 7) is 7.32. The van der Waals surface area contributed by atoms with Crippen LogP contribution in [-0.2, 0) is 0 Å². The van der Waals surface area contributed by atoms with Crippen LogP contribution in [0.5, 0.6) is 0 Å². The molecule has 0 N–H and O–H groups in total. The highest BCUT2D eigenvalue weighted by Gasteiger charge is 2.37. The summed E-state index contributed by atoms with van der Waals surface area (Å²) in [5.41, 5.74) is 0.577. The van der Waals surface area contributed by atoms with Gasteiger partial charge in [-0.3, -0.25) is 9.69 Å². The molecule has 4 rings (SSSR count). The van der Waals surface area contributed by atoms with Gasteiger partial charge < -0.3 is 14.3 Å². The van der Waals surface area contributed by atoms with Crippen molar-refractivity contribution in [3.05, 3.63) is 41.9 Å². The van der Waals surface area contributed by atoms with E-state index in [1.165, 1.54) is 6.20 Å². The molecule has 0 spiro atoms. The van der Waals surface area contributed by atoms with Gasteiger partial charge in [0.1, 0.15) is 17.1 Å². The highest BCUT2D eigenvalue weighted by atomic mass is 16.5. The molecule has 0 bridgehead atoms. The molecule has 2 saturated heterocycles. The maximum atomic E-state index is 12.4. The van der Waals surface area contributed by atoms with Crippen molar-refractivity contribution in [2.24, 2.45) is 0 Å². The lowest BCUT2D eigenvalue weighted by Crippen LogP contribution is -2.64. The molecule has 1 amide bonds. The molecule has 4 heterocycles. The number of carbonyl (C=O) groups excluding carboxylic acids is 1. The van der Waals surface area contributed by atoms with Crippen molar-refractivity contribution in [2.75, 3.05) is 44.2 Å². The Bertz CT molecular complexity index is 703. The molecule has 2 aromatic heterocycles. The van der Waals surface area contributed by atoms with Gasteiger partial charge in [-0.15, -0.1) is 0 Å². The second-order valence-electron chi connectivity index (χ2n) is 6.37. The Morgan fingerprint density at radius 3 is 2.62 bits per heavy atom. The minimum absolute atomic E-state index is 0.0251. The van der Waals surface area contributed by atoms with Crippen LogP contribution in [0, 0.1) is 6.92 Å². The summed E-state index contributed by atoms with van der Waals surface area (Å²) in [4.78, 5) is 23.4. The fraction of sp³-hybridized carbons (Fsp3) is 0.471. The molecule has 7 nitrogen and oxygen atoms in total. The van der Waals surface area contributed by atoms with Gasteiger partial charge in [0.05, 0.1) is 6.20 Å². The molecule has 2 fully saturated rings. The first-order chi connectivity index (χ1) is 11.7. The number of hydrogen-bond donors (Lipinski definition) is 0. The largest absolute Gasteiger partial charge is 0.361 e. The van der Waals surface area contributed by atoms with Crippen LogP contribution in [0.25, 0.3) is 0 Å². The van der Waals surface area contributed by atoms with E-state index < -0.39 is 0 Å². The number of aromatic nitrogens is 2. The van der Waals surface area contributed by atoms with Crippen LogP contribution in [0.2, 0.25) is 0 Å². The second kappa shape index (κ2) is 6.24. The molecule has 0 aromatic carbocycles. The van der Waals surface area contributed by atoms with Gasteiger partial charge in [-0.1, -0.05) is 11.2 Å². The van der Waals surface area contributed by atoms with Crippen LogP contribution in [0.15, 0.2) is 35.1 Å². The molecule has 7 heteroatoms. The summed E-state index contributed by atoms with van der Waals surface area (Å²) in [5.74, 6) is 1.66. The van der Waals surface area contributed by atoms with Crippen molar-refractivity contribution >= 4 is 11.7 Å². The fourth-order valence-corrected chi connectivity index (χ4v) is 3.38. The van der Waals surface area contributed by atoms with E-state index in [0.717, 1.165) is 45.1 Å². The third-order valence-corrected chi connectivity index (χ3v) is 4.93. The molecular formula is C17H21N5O2. The maximum Gasteiger partial charge on any atom is 0.259 e. The first-order valence-electron chi connectivity index (χ1n) is 8.33. The van der Waals surface area contributed by atoms with Crippen molar-refractivity contribution in [3.63, 3.8) is 0 Å². The number of rotatable bonds is 3. The Kier molecular flexibility index (Phi) is 3.93. The first kappa shape index (κ1) is 15.1. The average molecular weight is 327 g/mol. The topological polar surface area (TPSA) is 65.7 Å². The molecule has 24 heavy (non-hydrogen) atoms. The number of carbonyl (C=O) groups is 1. The number of amides is 1. The monoisotopic (exact) mass is 327 g/mol. The second-order valence-corrected chi connectivity index (χ2v) is 6.37. The normalized spacial score (nSPS) is 19.4. The standard InChI is InChI=1S/C17H21N5O2/c1-13-15(10-19-24-13)17(23)22-11-14(12-22)20-6-8-21(9-7-20)16-4-2-3-5-18-16/h2-5,10,14H,6-9,11-12H2,1H3. The van der Waals surface area contributed by atoms with Gasteiger partial charge in [0.25, 0.3) is 5.91 Å². The van der Waals surface area contributed by atoms with Crippen LogP contribution in [-0.4, -0.2) is 71.2 Å². The third-order valence-electron chi connectivity index (χ3n) is 4.93. The predicted octanol–water partition coefficient (Wildman–Crippen LogP) is 1.02. The van der Waals surface area contributed by atoms with Crippen molar-refractivity contribution < 1.29 is 9.32 Å². The number of nitrogens with zero attached hydrogens (tertiary/aromatic N) is 5. The molecule has 2 aromatic rings. The lowest BCUT2D eigenvalue weighted by atomic mass is 10.0. The van der Waals surface area contributed by atoms with Crippen LogP contribution in [0.4, 0.5) is 5.82 Å². The molecule has 126 valence electrons. The van der Waals surface area contributed by atoms with E-state index in [1.54, 1.807) is 6.92 Å². The molecule has 0 radical (unpaired) electrons. The van der Waals surface area contributed by atoms with Gasteiger partial charge in [0.15, 0.2) is 0 Å². The van der Waals surface area contributed by atoms with E-state index >= 15 is 0 Å². The van der Waals surface area contributed by atoms with Gasteiger partial charge in [0, 0.05) is 51.5 Å². The minimum Gasteiger partial charge on any atom is -0.361 e. The number of hydrogen-bond acceptors (Lipinski definition) is 6. The molecule has 0 saturated carbocycles. The zero-order chi connectivity index (χ0) is 16.5. The maximum absolute atomic E-state index is 12.4. The highest BCUT2D eigenvalue weighted by molar-refractivity contribution is 5.95. The zero-order valence-electron chi connectivity index (χ0n) is 13.8. The van der Waals surface area contributed by atoms with Crippen LogP contribution in [0.3, 0.4) is 0 Å². The Hall–Kier alpha value is -2.41. The molecule has 2 aliphatic rings. The molecule has 0 aliphatic carbocycles. The van der Waals surface area contributed by atoms with Crippen LogP contribution >= 0.6 is 0 Å². The number of likely N-dealkylation sites (tertiary alicyclic amines) is 1. The Labute approximate surface area is 140 Å². The van der Waals surface area contributed by atoms with Gasteiger partial charge in [-0.25, -0.2) is 4.98 Å². The van der Waals surface area contributed by atoms with E-state index in [1.807, 2.05) is 23.2 Å². The van der Waals surface area contributed by atoms with E-state index in [0.29, 0.717) is 17.4 Å². The molecular weight excluding hydrogens is 306 g/mol. The predicted molar refractivity (Wildman–Crippen MR) is 89.0 cm³/mol. The molecule has 0 atom stereocenters. The first-order valence-corrected chi connectivity index (χ1v) is 8.33. The van der Waals surface area contributed by atoms with Crippen molar-refractivity contribution in [2.45, 2.75) is 13.0 Å². The Balaban J connectivity index is 1.28. The van der Waals surface area contributed by atoms with E-state index in [9.17, 15) is 4.79 Å². The summed E-state index contributed by atoms with van der Waals surface area (Å²) >= 11 is 0.